The molecular formula is C20H26N4O3. The highest BCUT2D eigenvalue weighted by atomic mass is 16.5. The van der Waals surface area contributed by atoms with Crippen LogP contribution in [-0.4, -0.2) is 46.2 Å². The highest BCUT2D eigenvalue weighted by Crippen LogP contribution is 2.28. The van der Waals surface area contributed by atoms with E-state index in [1.807, 2.05) is 56.3 Å². The molecule has 0 N–H and O–H groups in total. The van der Waals surface area contributed by atoms with Gasteiger partial charge in [0, 0.05) is 50.0 Å². The second-order valence-electron chi connectivity index (χ2n) is 7.19. The SMILES string of the molecule is COc1ccc(N2CC(C(=O)N(Cc3cnn(C)c3)C(C)C)CC2=O)cc1. The van der Waals surface area contributed by atoms with Crippen molar-refractivity contribution in [3.8, 4) is 5.75 Å². The van der Waals surface area contributed by atoms with Gasteiger partial charge < -0.3 is 14.5 Å². The number of methoxy groups -OCH3 is 1. The van der Waals surface area contributed by atoms with Crippen molar-refractivity contribution in [2.75, 3.05) is 18.6 Å². The lowest BCUT2D eigenvalue weighted by molar-refractivity contribution is -0.138. The molecule has 1 unspecified atom stereocenters. The number of hydrogen-bond acceptors (Lipinski definition) is 4. The molecule has 1 atom stereocenters. The first-order valence-electron chi connectivity index (χ1n) is 9.11. The van der Waals surface area contributed by atoms with Crippen LogP contribution in [0.25, 0.3) is 0 Å². The summed E-state index contributed by atoms with van der Waals surface area (Å²) in [4.78, 5) is 29.1. The summed E-state index contributed by atoms with van der Waals surface area (Å²) in [6.07, 6.45) is 3.92. The number of carbonyl (C=O) groups excluding carboxylic acids is 2. The lowest BCUT2D eigenvalue weighted by Gasteiger charge is -2.29. The molecular weight excluding hydrogens is 344 g/mol. The van der Waals surface area contributed by atoms with Gasteiger partial charge in [-0.3, -0.25) is 14.3 Å². The van der Waals surface area contributed by atoms with Crippen molar-refractivity contribution in [2.24, 2.45) is 13.0 Å². The zero-order valence-electron chi connectivity index (χ0n) is 16.3. The van der Waals surface area contributed by atoms with Crippen molar-refractivity contribution in [3.05, 3.63) is 42.2 Å². The average molecular weight is 370 g/mol. The topological polar surface area (TPSA) is 67.7 Å². The molecule has 7 nitrogen and oxygen atoms in total. The molecule has 0 saturated carbocycles. The number of nitrogens with zero attached hydrogens (tertiary/aromatic N) is 4. The number of rotatable bonds is 6. The summed E-state index contributed by atoms with van der Waals surface area (Å²) in [6, 6.07) is 7.38. The summed E-state index contributed by atoms with van der Waals surface area (Å²) >= 11 is 0. The molecule has 27 heavy (non-hydrogen) atoms. The first kappa shape index (κ1) is 18.9. The van der Waals surface area contributed by atoms with Gasteiger partial charge in [0.25, 0.3) is 0 Å². The number of amides is 2. The first-order valence-corrected chi connectivity index (χ1v) is 9.11. The van der Waals surface area contributed by atoms with Crippen LogP contribution in [0.4, 0.5) is 5.69 Å². The molecule has 0 aliphatic carbocycles. The van der Waals surface area contributed by atoms with Crippen LogP contribution in [0.2, 0.25) is 0 Å². The Labute approximate surface area is 159 Å². The van der Waals surface area contributed by atoms with Gasteiger partial charge in [0.15, 0.2) is 0 Å². The number of carbonyl (C=O) groups is 2. The predicted molar refractivity (Wildman–Crippen MR) is 102 cm³/mol. The van der Waals surface area contributed by atoms with E-state index in [-0.39, 0.29) is 30.2 Å². The number of benzene rings is 1. The molecule has 2 aromatic rings. The summed E-state index contributed by atoms with van der Waals surface area (Å²) in [5, 5.41) is 4.17. The Morgan fingerprint density at radius 3 is 2.59 bits per heavy atom. The quantitative estimate of drug-likeness (QED) is 0.782. The summed E-state index contributed by atoms with van der Waals surface area (Å²) in [7, 11) is 3.46. The number of anilines is 1. The Balaban J connectivity index is 1.72. The van der Waals surface area contributed by atoms with Crippen LogP contribution < -0.4 is 9.64 Å². The van der Waals surface area contributed by atoms with Gasteiger partial charge in [-0.1, -0.05) is 0 Å². The summed E-state index contributed by atoms with van der Waals surface area (Å²) < 4.78 is 6.89. The fourth-order valence-electron chi connectivity index (χ4n) is 3.38. The minimum absolute atomic E-state index is 0.0122. The van der Waals surface area contributed by atoms with Crippen molar-refractivity contribution in [1.82, 2.24) is 14.7 Å². The number of ether oxygens (including phenoxy) is 1. The zero-order valence-corrected chi connectivity index (χ0v) is 16.3. The molecule has 1 aromatic heterocycles. The van der Waals surface area contributed by atoms with Crippen LogP contribution in [-0.2, 0) is 23.2 Å². The Hall–Kier alpha value is -2.83. The van der Waals surface area contributed by atoms with Crippen LogP contribution in [0.1, 0.15) is 25.8 Å². The number of aromatic nitrogens is 2. The van der Waals surface area contributed by atoms with Crippen LogP contribution in [0, 0.1) is 5.92 Å². The van der Waals surface area contributed by atoms with Gasteiger partial charge in [0.1, 0.15) is 5.75 Å². The van der Waals surface area contributed by atoms with Crippen molar-refractivity contribution in [2.45, 2.75) is 32.9 Å². The van der Waals surface area contributed by atoms with Gasteiger partial charge in [-0.05, 0) is 38.1 Å². The van der Waals surface area contributed by atoms with E-state index in [0.29, 0.717) is 13.1 Å². The lowest BCUT2D eigenvalue weighted by atomic mass is 10.1. The maximum absolute atomic E-state index is 13.1. The van der Waals surface area contributed by atoms with Crippen molar-refractivity contribution in [3.63, 3.8) is 0 Å². The third kappa shape index (κ3) is 4.13. The largest absolute Gasteiger partial charge is 0.497 e. The fourth-order valence-corrected chi connectivity index (χ4v) is 3.38. The van der Waals surface area contributed by atoms with E-state index in [9.17, 15) is 9.59 Å². The third-order valence-electron chi connectivity index (χ3n) is 4.88. The Bertz CT molecular complexity index is 813. The smallest absolute Gasteiger partial charge is 0.228 e. The van der Waals surface area contributed by atoms with E-state index >= 15 is 0 Å². The molecule has 1 fully saturated rings. The number of aryl methyl sites for hydroxylation is 1. The monoisotopic (exact) mass is 370 g/mol. The van der Waals surface area contributed by atoms with E-state index in [1.54, 1.807) is 22.9 Å². The molecule has 7 heteroatoms. The second kappa shape index (κ2) is 7.82. The Morgan fingerprint density at radius 1 is 1.33 bits per heavy atom. The highest BCUT2D eigenvalue weighted by Gasteiger charge is 2.37. The molecule has 1 aromatic carbocycles. The molecule has 2 heterocycles. The second-order valence-corrected chi connectivity index (χ2v) is 7.19. The molecule has 3 rings (SSSR count). The summed E-state index contributed by atoms with van der Waals surface area (Å²) in [5.74, 6) is 0.390. The van der Waals surface area contributed by atoms with Gasteiger partial charge in [-0.15, -0.1) is 0 Å². The zero-order chi connectivity index (χ0) is 19.6. The molecule has 1 saturated heterocycles. The maximum atomic E-state index is 13.1. The minimum Gasteiger partial charge on any atom is -0.497 e. The van der Waals surface area contributed by atoms with E-state index < -0.39 is 0 Å². The van der Waals surface area contributed by atoms with Crippen molar-refractivity contribution < 1.29 is 14.3 Å². The molecule has 1 aliphatic rings. The van der Waals surface area contributed by atoms with Gasteiger partial charge in [0.2, 0.25) is 11.8 Å². The molecule has 144 valence electrons. The van der Waals surface area contributed by atoms with Gasteiger partial charge in [-0.2, -0.15) is 5.10 Å². The summed E-state index contributed by atoms with van der Waals surface area (Å²) in [6.45, 7) is 4.89. The molecule has 2 amide bonds. The van der Waals surface area contributed by atoms with Crippen LogP contribution in [0.5, 0.6) is 5.75 Å². The third-order valence-corrected chi connectivity index (χ3v) is 4.88. The maximum Gasteiger partial charge on any atom is 0.228 e. The minimum atomic E-state index is -0.335. The normalized spacial score (nSPS) is 16.9. The molecule has 0 spiro atoms. The van der Waals surface area contributed by atoms with Gasteiger partial charge in [0.05, 0.1) is 19.2 Å². The van der Waals surface area contributed by atoms with Gasteiger partial charge in [-0.25, -0.2) is 0 Å². The van der Waals surface area contributed by atoms with E-state index in [0.717, 1.165) is 17.0 Å². The standard InChI is InChI=1S/C20H26N4O3/c1-14(2)23(12-15-10-21-22(3)11-15)20(26)16-9-19(25)24(13-16)17-5-7-18(27-4)8-6-17/h5-8,10-11,14,16H,9,12-13H2,1-4H3. The van der Waals surface area contributed by atoms with Crippen LogP contribution in [0.3, 0.4) is 0 Å². The van der Waals surface area contributed by atoms with Crippen molar-refractivity contribution in [1.29, 1.82) is 0 Å². The molecule has 1 aliphatic heterocycles. The van der Waals surface area contributed by atoms with E-state index in [1.165, 1.54) is 0 Å². The van der Waals surface area contributed by atoms with Crippen LogP contribution in [0.15, 0.2) is 36.7 Å². The van der Waals surface area contributed by atoms with Gasteiger partial charge >= 0.3 is 0 Å². The Kier molecular flexibility index (Phi) is 5.48. The first-order chi connectivity index (χ1) is 12.9. The van der Waals surface area contributed by atoms with Crippen molar-refractivity contribution >= 4 is 17.5 Å². The van der Waals surface area contributed by atoms with E-state index in [4.69, 9.17) is 4.74 Å². The highest BCUT2D eigenvalue weighted by molar-refractivity contribution is 6.00. The van der Waals surface area contributed by atoms with E-state index in [2.05, 4.69) is 5.10 Å². The predicted octanol–water partition coefficient (Wildman–Crippen LogP) is 2.22. The summed E-state index contributed by atoms with van der Waals surface area (Å²) in [5.41, 5.74) is 1.77. The Morgan fingerprint density at radius 2 is 2.04 bits per heavy atom. The number of hydrogen-bond donors (Lipinski definition) is 0. The molecule has 0 radical (unpaired) electrons. The molecule has 0 bridgehead atoms. The lowest BCUT2D eigenvalue weighted by Crippen LogP contribution is -2.41. The average Bonchev–Trinajstić information content (AvgIpc) is 3.24. The fraction of sp³-hybridized carbons (Fsp3) is 0.450. The van der Waals surface area contributed by atoms with Crippen LogP contribution >= 0.6 is 0 Å².